The van der Waals surface area contributed by atoms with Gasteiger partial charge in [-0.25, -0.2) is 0 Å². The zero-order valence-electron chi connectivity index (χ0n) is 11.8. The van der Waals surface area contributed by atoms with E-state index in [9.17, 15) is 5.11 Å². The number of aliphatic hydroxyl groups is 1. The highest BCUT2D eigenvalue weighted by atomic mass is 35.5. The van der Waals surface area contributed by atoms with Gasteiger partial charge in [0.25, 0.3) is 0 Å². The fourth-order valence-electron chi connectivity index (χ4n) is 2.20. The minimum atomic E-state index is -0.563. The molecule has 0 amide bonds. The number of methoxy groups -OCH3 is 1. The number of aliphatic hydroxyl groups excluding tert-OH is 1. The standard InChI is InChI=1S/C17H19ClO2/c1-12-6-7-14(16(18)8-12)10-17(19)15-5-3-4-13(9-15)11-20-2/h3-9,17,19H,10-11H2,1-2H3. The van der Waals surface area contributed by atoms with Crippen LogP contribution >= 0.6 is 11.6 Å². The minimum absolute atomic E-state index is 0.509. The van der Waals surface area contributed by atoms with Crippen molar-refractivity contribution in [3.8, 4) is 0 Å². The molecule has 0 radical (unpaired) electrons. The third-order valence-electron chi connectivity index (χ3n) is 3.27. The molecule has 1 unspecified atom stereocenters. The maximum absolute atomic E-state index is 10.4. The summed E-state index contributed by atoms with van der Waals surface area (Å²) in [5.74, 6) is 0. The lowest BCUT2D eigenvalue weighted by atomic mass is 9.99. The van der Waals surface area contributed by atoms with Crippen LogP contribution in [0.3, 0.4) is 0 Å². The lowest BCUT2D eigenvalue weighted by molar-refractivity contribution is 0.175. The summed E-state index contributed by atoms with van der Waals surface area (Å²) < 4.78 is 5.11. The fourth-order valence-corrected chi connectivity index (χ4v) is 2.51. The molecular weight excluding hydrogens is 272 g/mol. The maximum atomic E-state index is 10.4. The van der Waals surface area contributed by atoms with Crippen LogP contribution in [0.1, 0.15) is 28.4 Å². The molecule has 0 aliphatic carbocycles. The zero-order chi connectivity index (χ0) is 14.5. The molecule has 0 saturated heterocycles. The van der Waals surface area contributed by atoms with Crippen LogP contribution in [-0.2, 0) is 17.8 Å². The van der Waals surface area contributed by atoms with Crippen molar-refractivity contribution >= 4 is 11.6 Å². The van der Waals surface area contributed by atoms with Crippen LogP contribution in [0.25, 0.3) is 0 Å². The highest BCUT2D eigenvalue weighted by Gasteiger charge is 2.11. The molecule has 2 nitrogen and oxygen atoms in total. The summed E-state index contributed by atoms with van der Waals surface area (Å²) in [6, 6.07) is 13.7. The predicted molar refractivity (Wildman–Crippen MR) is 82.0 cm³/mol. The highest BCUT2D eigenvalue weighted by molar-refractivity contribution is 6.31. The van der Waals surface area contributed by atoms with Crippen LogP contribution in [0.4, 0.5) is 0 Å². The van der Waals surface area contributed by atoms with Gasteiger partial charge in [-0.15, -0.1) is 0 Å². The van der Waals surface area contributed by atoms with Crippen molar-refractivity contribution in [2.24, 2.45) is 0 Å². The van der Waals surface area contributed by atoms with Gasteiger partial charge in [0, 0.05) is 18.6 Å². The summed E-state index contributed by atoms with van der Waals surface area (Å²) in [6.07, 6.45) is -0.0535. The van der Waals surface area contributed by atoms with Gasteiger partial charge in [-0.05, 0) is 35.2 Å². The molecule has 2 aromatic rings. The van der Waals surface area contributed by atoms with Gasteiger partial charge in [0.05, 0.1) is 12.7 Å². The van der Waals surface area contributed by atoms with Gasteiger partial charge in [0.2, 0.25) is 0 Å². The summed E-state index contributed by atoms with van der Waals surface area (Å²) in [4.78, 5) is 0. The van der Waals surface area contributed by atoms with E-state index in [4.69, 9.17) is 16.3 Å². The van der Waals surface area contributed by atoms with E-state index in [0.717, 1.165) is 22.3 Å². The number of rotatable bonds is 5. The van der Waals surface area contributed by atoms with Gasteiger partial charge in [-0.1, -0.05) is 48.0 Å². The molecule has 0 aliphatic rings. The molecule has 3 heteroatoms. The molecule has 0 saturated carbocycles. The Kier molecular flexibility index (Phi) is 5.18. The second kappa shape index (κ2) is 6.89. The lowest BCUT2D eigenvalue weighted by Crippen LogP contribution is -2.03. The van der Waals surface area contributed by atoms with Crippen LogP contribution in [0.5, 0.6) is 0 Å². The number of hydrogen-bond acceptors (Lipinski definition) is 2. The summed E-state index contributed by atoms with van der Waals surface area (Å²) >= 11 is 6.21. The third-order valence-corrected chi connectivity index (χ3v) is 3.62. The average Bonchev–Trinajstić information content (AvgIpc) is 2.42. The van der Waals surface area contributed by atoms with Crippen molar-refractivity contribution in [2.45, 2.75) is 26.1 Å². The topological polar surface area (TPSA) is 29.5 Å². The first-order chi connectivity index (χ1) is 9.60. The van der Waals surface area contributed by atoms with E-state index in [-0.39, 0.29) is 0 Å². The van der Waals surface area contributed by atoms with E-state index in [2.05, 4.69) is 0 Å². The van der Waals surface area contributed by atoms with E-state index >= 15 is 0 Å². The number of hydrogen-bond donors (Lipinski definition) is 1. The molecular formula is C17H19ClO2. The first-order valence-corrected chi connectivity index (χ1v) is 6.99. The normalized spacial score (nSPS) is 12.4. The van der Waals surface area contributed by atoms with Crippen molar-refractivity contribution in [1.29, 1.82) is 0 Å². The lowest BCUT2D eigenvalue weighted by Gasteiger charge is -2.14. The van der Waals surface area contributed by atoms with Crippen LogP contribution in [0.2, 0.25) is 5.02 Å². The number of benzene rings is 2. The maximum Gasteiger partial charge on any atom is 0.0831 e. The summed E-state index contributed by atoms with van der Waals surface area (Å²) in [5, 5.41) is 11.1. The van der Waals surface area contributed by atoms with Crippen molar-refractivity contribution in [2.75, 3.05) is 7.11 Å². The largest absolute Gasteiger partial charge is 0.388 e. The molecule has 0 aromatic heterocycles. The molecule has 0 bridgehead atoms. The molecule has 0 aliphatic heterocycles. The van der Waals surface area contributed by atoms with Gasteiger partial charge in [0.1, 0.15) is 0 Å². The molecule has 1 atom stereocenters. The van der Waals surface area contributed by atoms with Gasteiger partial charge < -0.3 is 9.84 Å². The fraction of sp³-hybridized carbons (Fsp3) is 0.294. The van der Waals surface area contributed by atoms with Gasteiger partial charge in [0.15, 0.2) is 0 Å². The van der Waals surface area contributed by atoms with E-state index < -0.39 is 6.10 Å². The third kappa shape index (κ3) is 3.83. The summed E-state index contributed by atoms with van der Waals surface area (Å²) in [7, 11) is 1.66. The molecule has 0 fully saturated rings. The van der Waals surface area contributed by atoms with Crippen molar-refractivity contribution in [3.63, 3.8) is 0 Å². The van der Waals surface area contributed by atoms with Crippen molar-refractivity contribution in [1.82, 2.24) is 0 Å². The first-order valence-electron chi connectivity index (χ1n) is 6.61. The Morgan fingerprint density at radius 3 is 2.70 bits per heavy atom. The van der Waals surface area contributed by atoms with Crippen LogP contribution in [-0.4, -0.2) is 12.2 Å². The number of aryl methyl sites for hydroxylation is 1. The molecule has 0 heterocycles. The molecule has 106 valence electrons. The van der Waals surface area contributed by atoms with Gasteiger partial charge >= 0.3 is 0 Å². The van der Waals surface area contributed by atoms with Gasteiger partial charge in [-0.2, -0.15) is 0 Å². The predicted octanol–water partition coefficient (Wildman–Crippen LogP) is 4.07. The van der Waals surface area contributed by atoms with Crippen molar-refractivity contribution < 1.29 is 9.84 Å². The van der Waals surface area contributed by atoms with E-state index in [1.807, 2.05) is 49.4 Å². The first kappa shape index (κ1) is 15.0. The Morgan fingerprint density at radius 1 is 1.20 bits per heavy atom. The summed E-state index contributed by atoms with van der Waals surface area (Å²) in [6.45, 7) is 2.55. The Bertz CT molecular complexity index is 581. The Hall–Kier alpha value is -1.35. The molecule has 20 heavy (non-hydrogen) atoms. The van der Waals surface area contributed by atoms with E-state index in [0.29, 0.717) is 18.1 Å². The SMILES string of the molecule is COCc1cccc(C(O)Cc2ccc(C)cc2Cl)c1. The van der Waals surface area contributed by atoms with Crippen LogP contribution in [0.15, 0.2) is 42.5 Å². The van der Waals surface area contributed by atoms with Crippen molar-refractivity contribution in [3.05, 3.63) is 69.7 Å². The van der Waals surface area contributed by atoms with Crippen LogP contribution < -0.4 is 0 Å². The van der Waals surface area contributed by atoms with E-state index in [1.165, 1.54) is 0 Å². The minimum Gasteiger partial charge on any atom is -0.388 e. The molecule has 2 rings (SSSR count). The Labute approximate surface area is 125 Å². The Balaban J connectivity index is 2.15. The number of halogens is 1. The summed E-state index contributed by atoms with van der Waals surface area (Å²) in [5.41, 5.74) is 4.02. The molecule has 1 N–H and O–H groups in total. The monoisotopic (exact) mass is 290 g/mol. The van der Waals surface area contributed by atoms with E-state index in [1.54, 1.807) is 7.11 Å². The molecule has 2 aromatic carbocycles. The zero-order valence-corrected chi connectivity index (χ0v) is 12.5. The second-order valence-electron chi connectivity index (χ2n) is 4.99. The smallest absolute Gasteiger partial charge is 0.0831 e. The number of ether oxygens (including phenoxy) is 1. The van der Waals surface area contributed by atoms with Crippen LogP contribution in [0, 0.1) is 6.92 Å². The quantitative estimate of drug-likeness (QED) is 0.899. The second-order valence-corrected chi connectivity index (χ2v) is 5.40. The molecule has 0 spiro atoms. The van der Waals surface area contributed by atoms with Gasteiger partial charge in [-0.3, -0.25) is 0 Å². The average molecular weight is 291 g/mol. The Morgan fingerprint density at radius 2 is 2.00 bits per heavy atom. The highest BCUT2D eigenvalue weighted by Crippen LogP contribution is 2.25.